The molecule has 1 aromatic rings. The molecule has 1 aliphatic carbocycles. The summed E-state index contributed by atoms with van der Waals surface area (Å²) in [5.41, 5.74) is 2.07. The van der Waals surface area contributed by atoms with E-state index in [4.69, 9.17) is 0 Å². The number of nitrogens with zero attached hydrogens (tertiary/aromatic N) is 3. The van der Waals surface area contributed by atoms with Crippen LogP contribution in [0.1, 0.15) is 17.7 Å². The van der Waals surface area contributed by atoms with Crippen LogP contribution in [-0.2, 0) is 24.2 Å². The first-order valence-electron chi connectivity index (χ1n) is 7.13. The fourth-order valence-electron chi connectivity index (χ4n) is 2.44. The quantitative estimate of drug-likeness (QED) is 0.598. The predicted molar refractivity (Wildman–Crippen MR) is 83.9 cm³/mol. The van der Waals surface area contributed by atoms with Crippen molar-refractivity contribution in [2.45, 2.75) is 30.8 Å². The van der Waals surface area contributed by atoms with Crippen molar-refractivity contribution in [1.82, 2.24) is 19.8 Å². The molecule has 0 bridgehead atoms. The van der Waals surface area contributed by atoms with Crippen molar-refractivity contribution >= 4 is 17.7 Å². The summed E-state index contributed by atoms with van der Waals surface area (Å²) < 4.78 is 1.80. The monoisotopic (exact) mass is 310 g/mol. The second-order valence-electron chi connectivity index (χ2n) is 5.40. The lowest BCUT2D eigenvalue weighted by atomic mass is 10.2. The smallest absolute Gasteiger partial charge is 0.348 e. The Balaban J connectivity index is 2.25. The fraction of sp³-hybridized carbons (Fsp3) is 0.643. The van der Waals surface area contributed by atoms with E-state index in [-0.39, 0.29) is 11.6 Å². The number of nitrogens with one attached hydrogen (secondary N) is 1. The SMILES string of the molecule is CNC(=O)CSc1nc(=O)n(CCN(C)C)c2c1CCC2. The number of carbonyl (C=O) groups is 1. The molecule has 0 fully saturated rings. The van der Waals surface area contributed by atoms with Crippen LogP contribution >= 0.6 is 11.8 Å². The van der Waals surface area contributed by atoms with Gasteiger partial charge in [0.1, 0.15) is 5.03 Å². The molecule has 1 aliphatic rings. The van der Waals surface area contributed by atoms with E-state index in [1.807, 2.05) is 14.1 Å². The van der Waals surface area contributed by atoms with Gasteiger partial charge in [0.05, 0.1) is 5.75 Å². The maximum atomic E-state index is 12.2. The molecule has 1 heterocycles. The molecule has 0 saturated carbocycles. The lowest BCUT2D eigenvalue weighted by Crippen LogP contribution is -2.31. The number of likely N-dealkylation sites (N-methyl/N-ethyl adjacent to an activating group) is 1. The molecule has 7 heteroatoms. The Morgan fingerprint density at radius 2 is 2.19 bits per heavy atom. The van der Waals surface area contributed by atoms with E-state index in [2.05, 4.69) is 15.2 Å². The Labute approximate surface area is 128 Å². The predicted octanol–water partition coefficient (Wildman–Crippen LogP) is 0.132. The summed E-state index contributed by atoms with van der Waals surface area (Å²) in [6.45, 7) is 1.49. The molecule has 1 aromatic heterocycles. The van der Waals surface area contributed by atoms with Crippen LogP contribution in [0.4, 0.5) is 0 Å². The minimum Gasteiger partial charge on any atom is -0.358 e. The minimum absolute atomic E-state index is 0.0506. The maximum Gasteiger partial charge on any atom is 0.348 e. The van der Waals surface area contributed by atoms with Gasteiger partial charge < -0.3 is 10.2 Å². The Bertz CT molecular complexity index is 583. The summed E-state index contributed by atoms with van der Waals surface area (Å²) in [6.07, 6.45) is 2.92. The number of thioether (sulfide) groups is 1. The molecular weight excluding hydrogens is 288 g/mol. The number of amides is 1. The number of hydrogen-bond donors (Lipinski definition) is 1. The molecule has 0 aromatic carbocycles. The van der Waals surface area contributed by atoms with Crippen molar-refractivity contribution in [1.29, 1.82) is 0 Å². The van der Waals surface area contributed by atoms with Crippen molar-refractivity contribution in [2.24, 2.45) is 0 Å². The van der Waals surface area contributed by atoms with E-state index < -0.39 is 0 Å². The average Bonchev–Trinajstić information content (AvgIpc) is 2.92. The molecule has 0 unspecified atom stereocenters. The van der Waals surface area contributed by atoms with E-state index in [9.17, 15) is 9.59 Å². The number of hydrogen-bond acceptors (Lipinski definition) is 5. The highest BCUT2D eigenvalue weighted by molar-refractivity contribution is 7.99. The van der Waals surface area contributed by atoms with Crippen LogP contribution in [0.3, 0.4) is 0 Å². The van der Waals surface area contributed by atoms with Crippen LogP contribution in [0.2, 0.25) is 0 Å². The molecule has 21 heavy (non-hydrogen) atoms. The highest BCUT2D eigenvalue weighted by Crippen LogP contribution is 2.28. The molecule has 0 saturated heterocycles. The van der Waals surface area contributed by atoms with E-state index >= 15 is 0 Å². The first-order chi connectivity index (χ1) is 10.0. The number of carbonyl (C=O) groups excluding carboxylic acids is 1. The number of rotatable bonds is 6. The van der Waals surface area contributed by atoms with Gasteiger partial charge in [-0.3, -0.25) is 9.36 Å². The Hall–Kier alpha value is -1.34. The van der Waals surface area contributed by atoms with E-state index in [0.717, 1.165) is 42.1 Å². The first kappa shape index (κ1) is 16.0. The van der Waals surface area contributed by atoms with Crippen molar-refractivity contribution in [3.63, 3.8) is 0 Å². The normalized spacial score (nSPS) is 13.5. The van der Waals surface area contributed by atoms with Gasteiger partial charge in [0.25, 0.3) is 0 Å². The molecular formula is C14H22N4O2S. The van der Waals surface area contributed by atoms with Gasteiger partial charge in [0.2, 0.25) is 5.91 Å². The van der Waals surface area contributed by atoms with Gasteiger partial charge >= 0.3 is 5.69 Å². The molecule has 0 aliphatic heterocycles. The van der Waals surface area contributed by atoms with E-state index in [1.54, 1.807) is 11.6 Å². The van der Waals surface area contributed by atoms with Crippen LogP contribution < -0.4 is 11.0 Å². The highest BCUT2D eigenvalue weighted by Gasteiger charge is 2.22. The summed E-state index contributed by atoms with van der Waals surface area (Å²) in [5.74, 6) is 0.252. The molecule has 6 nitrogen and oxygen atoms in total. The van der Waals surface area contributed by atoms with Gasteiger partial charge in [-0.1, -0.05) is 11.8 Å². The maximum absolute atomic E-state index is 12.2. The van der Waals surface area contributed by atoms with Crippen LogP contribution in [0.5, 0.6) is 0 Å². The zero-order valence-corrected chi connectivity index (χ0v) is 13.6. The summed E-state index contributed by atoms with van der Waals surface area (Å²) in [5, 5.41) is 3.32. The average molecular weight is 310 g/mol. The standard InChI is InChI=1S/C14H22N4O2S/c1-15-12(19)9-21-13-10-5-4-6-11(10)18(14(20)16-13)8-7-17(2)3/h4-9H2,1-3H3,(H,15,19). The van der Waals surface area contributed by atoms with Crippen molar-refractivity contribution in [3.8, 4) is 0 Å². The van der Waals surface area contributed by atoms with Gasteiger partial charge in [0, 0.05) is 31.4 Å². The molecule has 2 rings (SSSR count). The van der Waals surface area contributed by atoms with E-state index in [1.165, 1.54) is 11.8 Å². The Morgan fingerprint density at radius 3 is 2.86 bits per heavy atom. The summed E-state index contributed by atoms with van der Waals surface area (Å²) in [4.78, 5) is 29.9. The van der Waals surface area contributed by atoms with Crippen LogP contribution in [0, 0.1) is 0 Å². The Morgan fingerprint density at radius 1 is 1.43 bits per heavy atom. The van der Waals surface area contributed by atoms with Crippen molar-refractivity contribution in [3.05, 3.63) is 21.7 Å². The molecule has 116 valence electrons. The first-order valence-corrected chi connectivity index (χ1v) is 8.12. The molecule has 0 atom stereocenters. The summed E-state index contributed by atoms with van der Waals surface area (Å²) in [6, 6.07) is 0. The minimum atomic E-state index is -0.197. The largest absolute Gasteiger partial charge is 0.358 e. The third-order valence-corrected chi connectivity index (χ3v) is 4.61. The van der Waals surface area contributed by atoms with Gasteiger partial charge in [0.15, 0.2) is 0 Å². The second-order valence-corrected chi connectivity index (χ2v) is 6.36. The van der Waals surface area contributed by atoms with Gasteiger partial charge in [-0.05, 0) is 33.4 Å². The number of aromatic nitrogens is 2. The second kappa shape index (κ2) is 7.09. The van der Waals surface area contributed by atoms with E-state index in [0.29, 0.717) is 12.3 Å². The van der Waals surface area contributed by atoms with Crippen molar-refractivity contribution < 1.29 is 4.79 Å². The van der Waals surface area contributed by atoms with Crippen LogP contribution in [0.15, 0.2) is 9.82 Å². The van der Waals surface area contributed by atoms with Gasteiger partial charge in [-0.25, -0.2) is 4.79 Å². The van der Waals surface area contributed by atoms with Crippen LogP contribution in [0.25, 0.3) is 0 Å². The van der Waals surface area contributed by atoms with Gasteiger partial charge in [-0.2, -0.15) is 4.98 Å². The highest BCUT2D eigenvalue weighted by atomic mass is 32.2. The molecule has 0 spiro atoms. The van der Waals surface area contributed by atoms with Crippen molar-refractivity contribution in [2.75, 3.05) is 33.4 Å². The molecule has 0 radical (unpaired) electrons. The number of fused-ring (bicyclic) bond motifs is 1. The summed E-state index contributed by atoms with van der Waals surface area (Å²) >= 11 is 1.36. The zero-order chi connectivity index (χ0) is 15.4. The fourth-order valence-corrected chi connectivity index (χ4v) is 3.39. The van der Waals surface area contributed by atoms with Gasteiger partial charge in [-0.15, -0.1) is 0 Å². The molecule has 1 amide bonds. The lowest BCUT2D eigenvalue weighted by molar-refractivity contribution is -0.118. The topological polar surface area (TPSA) is 67.2 Å². The zero-order valence-electron chi connectivity index (χ0n) is 12.8. The van der Waals surface area contributed by atoms with Crippen LogP contribution in [-0.4, -0.2) is 53.8 Å². The Kier molecular flexibility index (Phi) is 5.41. The third-order valence-electron chi connectivity index (χ3n) is 3.59. The lowest BCUT2D eigenvalue weighted by Gasteiger charge is -2.16. The molecule has 1 N–H and O–H groups in total. The summed E-state index contributed by atoms with van der Waals surface area (Å²) in [7, 11) is 5.60. The third kappa shape index (κ3) is 3.85.